The normalized spacial score (nSPS) is 11.5. The van der Waals surface area contributed by atoms with Crippen LogP contribution >= 0.6 is 0 Å². The summed E-state index contributed by atoms with van der Waals surface area (Å²) in [6.07, 6.45) is 1.33. The maximum absolute atomic E-state index is 12.5. The lowest BCUT2D eigenvalue weighted by Crippen LogP contribution is -2.26. The van der Waals surface area contributed by atoms with Gasteiger partial charge >= 0.3 is 5.97 Å². The zero-order valence-corrected chi connectivity index (χ0v) is 18.3. The molecule has 1 N–H and O–H groups in total. The van der Waals surface area contributed by atoms with Crippen molar-refractivity contribution in [2.75, 3.05) is 6.54 Å². The van der Waals surface area contributed by atoms with Gasteiger partial charge in [0.05, 0.1) is 11.3 Å². The van der Waals surface area contributed by atoms with Crippen molar-refractivity contribution in [3.05, 3.63) is 84.3 Å². The molecule has 1 heterocycles. The molecule has 4 rings (SSSR count). The number of sulfonamides is 1. The quantitative estimate of drug-likeness (QED) is 0.404. The van der Waals surface area contributed by atoms with E-state index in [-0.39, 0.29) is 24.5 Å². The number of fused-ring (bicyclic) bond motifs is 1. The minimum absolute atomic E-state index is 0.0500. The number of esters is 1. The molecule has 1 aromatic heterocycles. The molecule has 0 saturated carbocycles. The molecular weight excluding hydrogens is 428 g/mol. The van der Waals surface area contributed by atoms with Gasteiger partial charge in [0.2, 0.25) is 15.9 Å². The number of aromatic nitrogens is 1. The minimum Gasteiger partial charge on any atom is -0.459 e. The number of carbonyl (C=O) groups excluding carboxylic acids is 1. The second-order valence-corrected chi connectivity index (χ2v) is 9.09. The van der Waals surface area contributed by atoms with E-state index in [1.807, 2.05) is 55.5 Å². The highest BCUT2D eigenvalue weighted by molar-refractivity contribution is 7.89. The van der Waals surface area contributed by atoms with Crippen LogP contribution in [0.25, 0.3) is 22.2 Å². The van der Waals surface area contributed by atoms with Gasteiger partial charge in [-0.05, 0) is 42.0 Å². The molecule has 0 saturated heterocycles. The Morgan fingerprint density at radius 2 is 1.78 bits per heavy atom. The number of carbonyl (C=O) groups is 1. The van der Waals surface area contributed by atoms with E-state index < -0.39 is 16.0 Å². The molecule has 0 fully saturated rings. The molecular formula is C24H22N2O5S. The van der Waals surface area contributed by atoms with E-state index in [1.54, 1.807) is 18.2 Å². The van der Waals surface area contributed by atoms with Crippen molar-refractivity contribution in [1.29, 1.82) is 0 Å². The second-order valence-electron chi connectivity index (χ2n) is 7.33. The number of benzene rings is 3. The lowest BCUT2D eigenvalue weighted by atomic mass is 10.1. The van der Waals surface area contributed by atoms with Crippen LogP contribution in [-0.2, 0) is 26.2 Å². The van der Waals surface area contributed by atoms with E-state index in [9.17, 15) is 13.2 Å². The van der Waals surface area contributed by atoms with Crippen LogP contribution in [0.15, 0.2) is 82.3 Å². The number of rotatable bonds is 8. The number of nitrogens with one attached hydrogen (secondary N) is 1. The summed E-state index contributed by atoms with van der Waals surface area (Å²) in [5, 5.41) is 1.78. The summed E-state index contributed by atoms with van der Waals surface area (Å²) in [4.78, 5) is 16.5. The van der Waals surface area contributed by atoms with Crippen LogP contribution < -0.4 is 4.72 Å². The number of ether oxygens (including phenoxy) is 1. The van der Waals surface area contributed by atoms with Gasteiger partial charge in [-0.3, -0.25) is 4.79 Å². The molecule has 0 aliphatic rings. The third-order valence-corrected chi connectivity index (χ3v) is 6.34. The predicted molar refractivity (Wildman–Crippen MR) is 120 cm³/mol. The summed E-state index contributed by atoms with van der Waals surface area (Å²) in [6, 6.07) is 20.1. The maximum atomic E-state index is 12.5. The minimum atomic E-state index is -3.73. The fourth-order valence-corrected chi connectivity index (χ4v) is 4.20. The first-order valence-corrected chi connectivity index (χ1v) is 11.5. The molecule has 3 aromatic carbocycles. The second kappa shape index (κ2) is 9.33. The maximum Gasteiger partial charge on any atom is 0.307 e. The summed E-state index contributed by atoms with van der Waals surface area (Å²) in [5.74, 6) is -0.0923. The van der Waals surface area contributed by atoms with Gasteiger partial charge in [0.15, 0.2) is 0 Å². The van der Waals surface area contributed by atoms with Gasteiger partial charge in [0.1, 0.15) is 18.6 Å². The fourth-order valence-electron chi connectivity index (χ4n) is 3.13. The Morgan fingerprint density at radius 3 is 2.56 bits per heavy atom. The lowest BCUT2D eigenvalue weighted by molar-refractivity contribution is -0.144. The van der Waals surface area contributed by atoms with Crippen LogP contribution in [0.5, 0.6) is 0 Å². The highest BCUT2D eigenvalue weighted by atomic mass is 32.2. The third-order valence-electron chi connectivity index (χ3n) is 4.88. The van der Waals surface area contributed by atoms with Crippen LogP contribution in [0.1, 0.15) is 17.7 Å². The Kier molecular flexibility index (Phi) is 6.34. The predicted octanol–water partition coefficient (Wildman–Crippen LogP) is 4.22. The highest BCUT2D eigenvalue weighted by Crippen LogP contribution is 2.20. The standard InChI is InChI=1S/C24H22N2O5S/c1-17-6-8-19(9-7-17)24-26-21(16-31-24)15-30-23(27)12-13-25-32(28,29)22-11-10-18-4-2-3-5-20(18)14-22/h2-11,14,16,25H,12-13,15H2,1H3. The van der Waals surface area contributed by atoms with Crippen LogP contribution in [0.2, 0.25) is 0 Å². The molecule has 0 atom stereocenters. The summed E-state index contributed by atoms with van der Waals surface area (Å²) in [5.41, 5.74) is 2.44. The Morgan fingerprint density at radius 1 is 1.03 bits per heavy atom. The zero-order chi connectivity index (χ0) is 22.6. The van der Waals surface area contributed by atoms with Crippen molar-refractivity contribution in [2.24, 2.45) is 0 Å². The van der Waals surface area contributed by atoms with Crippen molar-refractivity contribution in [3.8, 4) is 11.5 Å². The van der Waals surface area contributed by atoms with E-state index in [0.717, 1.165) is 21.9 Å². The first-order valence-electron chi connectivity index (χ1n) is 10.1. The van der Waals surface area contributed by atoms with Gasteiger partial charge in [0, 0.05) is 12.1 Å². The number of oxazole rings is 1. The van der Waals surface area contributed by atoms with Crippen LogP contribution in [0.4, 0.5) is 0 Å². The van der Waals surface area contributed by atoms with E-state index in [4.69, 9.17) is 9.15 Å². The molecule has 7 nitrogen and oxygen atoms in total. The molecule has 0 spiro atoms. The van der Waals surface area contributed by atoms with Crippen molar-refractivity contribution < 1.29 is 22.4 Å². The van der Waals surface area contributed by atoms with Crippen molar-refractivity contribution in [2.45, 2.75) is 24.8 Å². The van der Waals surface area contributed by atoms with Gasteiger partial charge < -0.3 is 9.15 Å². The third kappa shape index (κ3) is 5.22. The Hall–Kier alpha value is -3.49. The molecule has 32 heavy (non-hydrogen) atoms. The summed E-state index contributed by atoms with van der Waals surface area (Å²) < 4.78 is 38.1. The number of hydrogen-bond acceptors (Lipinski definition) is 6. The van der Waals surface area contributed by atoms with Crippen molar-refractivity contribution in [3.63, 3.8) is 0 Å². The van der Waals surface area contributed by atoms with Crippen molar-refractivity contribution in [1.82, 2.24) is 9.71 Å². The molecule has 4 aromatic rings. The van der Waals surface area contributed by atoms with E-state index >= 15 is 0 Å². The van der Waals surface area contributed by atoms with Crippen molar-refractivity contribution >= 4 is 26.8 Å². The smallest absolute Gasteiger partial charge is 0.307 e. The molecule has 0 bridgehead atoms. The average Bonchev–Trinajstić information content (AvgIpc) is 3.27. The lowest BCUT2D eigenvalue weighted by Gasteiger charge is -2.08. The summed E-state index contributed by atoms with van der Waals surface area (Å²) >= 11 is 0. The van der Waals surface area contributed by atoms with Crippen LogP contribution in [-0.4, -0.2) is 25.9 Å². The first-order chi connectivity index (χ1) is 15.4. The highest BCUT2D eigenvalue weighted by Gasteiger charge is 2.15. The molecule has 164 valence electrons. The Balaban J connectivity index is 1.27. The number of hydrogen-bond donors (Lipinski definition) is 1. The summed E-state index contributed by atoms with van der Waals surface area (Å²) in [7, 11) is -3.73. The number of aryl methyl sites for hydroxylation is 1. The van der Waals surface area contributed by atoms with E-state index in [0.29, 0.717) is 11.6 Å². The van der Waals surface area contributed by atoms with Gasteiger partial charge in [-0.2, -0.15) is 0 Å². The average molecular weight is 451 g/mol. The SMILES string of the molecule is Cc1ccc(-c2nc(COC(=O)CCNS(=O)(=O)c3ccc4ccccc4c3)co2)cc1. The number of nitrogens with zero attached hydrogens (tertiary/aromatic N) is 1. The van der Waals surface area contributed by atoms with Gasteiger partial charge in [-0.1, -0.05) is 48.0 Å². The van der Waals surface area contributed by atoms with E-state index in [1.165, 1.54) is 6.26 Å². The molecule has 0 aliphatic carbocycles. The summed E-state index contributed by atoms with van der Waals surface area (Å²) in [6.45, 7) is 1.87. The molecule has 0 unspecified atom stereocenters. The monoisotopic (exact) mass is 450 g/mol. The first kappa shape index (κ1) is 21.7. The van der Waals surface area contributed by atoms with Gasteiger partial charge in [0.25, 0.3) is 0 Å². The molecule has 0 aliphatic heterocycles. The van der Waals surface area contributed by atoms with Crippen LogP contribution in [0, 0.1) is 6.92 Å². The molecule has 8 heteroatoms. The zero-order valence-electron chi connectivity index (χ0n) is 17.4. The largest absolute Gasteiger partial charge is 0.459 e. The molecule has 0 amide bonds. The van der Waals surface area contributed by atoms with Crippen LogP contribution in [0.3, 0.4) is 0 Å². The Labute approximate surface area is 186 Å². The van der Waals surface area contributed by atoms with Gasteiger partial charge in [-0.15, -0.1) is 0 Å². The molecule has 0 radical (unpaired) electrons. The fraction of sp³-hybridized carbons (Fsp3) is 0.167. The van der Waals surface area contributed by atoms with E-state index in [2.05, 4.69) is 9.71 Å². The Bertz CT molecular complexity index is 1340. The topological polar surface area (TPSA) is 98.5 Å². The van der Waals surface area contributed by atoms with Gasteiger partial charge in [-0.25, -0.2) is 18.1 Å².